The molecule has 1 aliphatic heterocycles. The van der Waals surface area contributed by atoms with Gasteiger partial charge in [-0.25, -0.2) is 9.59 Å². The van der Waals surface area contributed by atoms with E-state index in [1.165, 1.54) is 26.4 Å². The van der Waals surface area contributed by atoms with Gasteiger partial charge in [0.15, 0.2) is 0 Å². The molecular formula is C24H19N3O6. The first kappa shape index (κ1) is 21.6. The number of anilines is 4. The number of esters is 2. The van der Waals surface area contributed by atoms with Crippen LogP contribution in [0.4, 0.5) is 22.7 Å². The van der Waals surface area contributed by atoms with Gasteiger partial charge in [0.05, 0.1) is 59.2 Å². The quantitative estimate of drug-likeness (QED) is 0.388. The van der Waals surface area contributed by atoms with Gasteiger partial charge in [0.1, 0.15) is 0 Å². The summed E-state index contributed by atoms with van der Waals surface area (Å²) in [6.45, 7) is 0. The predicted molar refractivity (Wildman–Crippen MR) is 120 cm³/mol. The SMILES string of the molecule is COC(=O)c1ccccc1Nc1cc2c(cc1Nc1ccccc1C(=O)OC)C(=O)NC2=O. The summed E-state index contributed by atoms with van der Waals surface area (Å²) in [6.07, 6.45) is 0. The summed E-state index contributed by atoms with van der Waals surface area (Å²) in [5.74, 6) is -2.14. The Balaban J connectivity index is 1.83. The fourth-order valence-electron chi connectivity index (χ4n) is 3.47. The van der Waals surface area contributed by atoms with Crippen LogP contribution >= 0.6 is 0 Å². The van der Waals surface area contributed by atoms with Crippen molar-refractivity contribution >= 4 is 46.5 Å². The van der Waals surface area contributed by atoms with Crippen molar-refractivity contribution in [2.75, 3.05) is 24.9 Å². The molecule has 0 bridgehead atoms. The number of amides is 2. The second-order valence-electron chi connectivity index (χ2n) is 7.05. The monoisotopic (exact) mass is 445 g/mol. The van der Waals surface area contributed by atoms with Crippen LogP contribution in [0.3, 0.4) is 0 Å². The number of carbonyl (C=O) groups is 4. The lowest BCUT2D eigenvalue weighted by molar-refractivity contribution is 0.0593. The van der Waals surface area contributed by atoms with Crippen molar-refractivity contribution in [2.45, 2.75) is 0 Å². The van der Waals surface area contributed by atoms with E-state index in [0.29, 0.717) is 22.7 Å². The third-order valence-corrected chi connectivity index (χ3v) is 5.08. The number of para-hydroxylation sites is 2. The Kier molecular flexibility index (Phi) is 5.77. The fraction of sp³-hybridized carbons (Fsp3) is 0.0833. The number of rotatable bonds is 6. The molecule has 1 aliphatic rings. The molecule has 3 aromatic carbocycles. The first-order valence-corrected chi connectivity index (χ1v) is 9.85. The lowest BCUT2D eigenvalue weighted by Crippen LogP contribution is -2.19. The molecule has 9 heteroatoms. The molecule has 33 heavy (non-hydrogen) atoms. The molecule has 0 radical (unpaired) electrons. The van der Waals surface area contributed by atoms with Crippen LogP contribution in [0.5, 0.6) is 0 Å². The number of ether oxygens (including phenoxy) is 2. The van der Waals surface area contributed by atoms with Gasteiger partial charge < -0.3 is 20.1 Å². The van der Waals surface area contributed by atoms with Gasteiger partial charge in [0.2, 0.25) is 0 Å². The van der Waals surface area contributed by atoms with E-state index in [-0.39, 0.29) is 22.3 Å². The summed E-state index contributed by atoms with van der Waals surface area (Å²) in [6, 6.07) is 16.4. The van der Waals surface area contributed by atoms with E-state index in [0.717, 1.165) is 0 Å². The van der Waals surface area contributed by atoms with Crippen LogP contribution in [0.15, 0.2) is 60.7 Å². The number of benzene rings is 3. The average Bonchev–Trinajstić information content (AvgIpc) is 3.11. The fourth-order valence-corrected chi connectivity index (χ4v) is 3.47. The van der Waals surface area contributed by atoms with Crippen molar-refractivity contribution in [3.05, 3.63) is 82.9 Å². The third kappa shape index (κ3) is 4.11. The Morgan fingerprint density at radius 2 is 1.06 bits per heavy atom. The van der Waals surface area contributed by atoms with E-state index < -0.39 is 23.8 Å². The Bertz CT molecular complexity index is 1200. The maximum Gasteiger partial charge on any atom is 0.339 e. The zero-order chi connectivity index (χ0) is 23.5. The molecule has 0 spiro atoms. The van der Waals surface area contributed by atoms with E-state index in [1.807, 2.05) is 0 Å². The highest BCUT2D eigenvalue weighted by molar-refractivity contribution is 6.22. The van der Waals surface area contributed by atoms with Crippen molar-refractivity contribution in [2.24, 2.45) is 0 Å². The molecule has 2 amide bonds. The van der Waals surface area contributed by atoms with Crippen LogP contribution in [0, 0.1) is 0 Å². The van der Waals surface area contributed by atoms with Gasteiger partial charge in [-0.3, -0.25) is 14.9 Å². The van der Waals surface area contributed by atoms with Gasteiger partial charge in [-0.05, 0) is 36.4 Å². The molecule has 166 valence electrons. The van der Waals surface area contributed by atoms with Crippen LogP contribution in [0.1, 0.15) is 41.4 Å². The number of hydrogen-bond donors (Lipinski definition) is 3. The molecular weight excluding hydrogens is 426 g/mol. The summed E-state index contributed by atoms with van der Waals surface area (Å²) in [7, 11) is 2.56. The highest BCUT2D eigenvalue weighted by Crippen LogP contribution is 2.35. The van der Waals surface area contributed by atoms with Crippen molar-refractivity contribution in [3.63, 3.8) is 0 Å². The van der Waals surface area contributed by atoms with E-state index in [4.69, 9.17) is 9.47 Å². The second kappa shape index (κ2) is 8.83. The molecule has 1 heterocycles. The summed E-state index contributed by atoms with van der Waals surface area (Å²) >= 11 is 0. The van der Waals surface area contributed by atoms with Crippen molar-refractivity contribution in [3.8, 4) is 0 Å². The minimum absolute atomic E-state index is 0.185. The number of fused-ring (bicyclic) bond motifs is 1. The van der Waals surface area contributed by atoms with Crippen molar-refractivity contribution < 1.29 is 28.7 Å². The Morgan fingerprint density at radius 3 is 1.45 bits per heavy atom. The first-order chi connectivity index (χ1) is 15.9. The van der Waals surface area contributed by atoms with Gasteiger partial charge in [-0.2, -0.15) is 0 Å². The normalized spacial score (nSPS) is 11.9. The standard InChI is InChI=1S/C24H19N3O6/c1-32-23(30)13-7-3-5-9-17(13)25-19-11-15-16(22(29)27-21(15)28)12-20(19)26-18-10-6-4-8-14(18)24(31)33-2/h3-12,25-26H,1-2H3,(H,27,28,29). The van der Waals surface area contributed by atoms with Crippen LogP contribution in [-0.4, -0.2) is 38.0 Å². The van der Waals surface area contributed by atoms with Crippen molar-refractivity contribution in [1.82, 2.24) is 5.32 Å². The molecule has 0 unspecified atom stereocenters. The molecule has 0 saturated heterocycles. The summed E-state index contributed by atoms with van der Waals surface area (Å²) in [4.78, 5) is 48.9. The first-order valence-electron chi connectivity index (χ1n) is 9.85. The Morgan fingerprint density at radius 1 is 0.667 bits per heavy atom. The zero-order valence-corrected chi connectivity index (χ0v) is 17.7. The highest BCUT2D eigenvalue weighted by Gasteiger charge is 2.29. The molecule has 0 aromatic heterocycles. The molecule has 0 fully saturated rings. The lowest BCUT2D eigenvalue weighted by Gasteiger charge is -2.18. The van der Waals surface area contributed by atoms with E-state index in [2.05, 4.69) is 16.0 Å². The van der Waals surface area contributed by atoms with Crippen LogP contribution in [0.2, 0.25) is 0 Å². The maximum atomic E-state index is 12.2. The van der Waals surface area contributed by atoms with Gasteiger partial charge >= 0.3 is 11.9 Å². The lowest BCUT2D eigenvalue weighted by atomic mass is 10.0. The summed E-state index contributed by atoms with van der Waals surface area (Å²) in [5.41, 5.74) is 2.58. The van der Waals surface area contributed by atoms with Gasteiger partial charge in [-0.1, -0.05) is 24.3 Å². The van der Waals surface area contributed by atoms with E-state index in [9.17, 15) is 19.2 Å². The zero-order valence-electron chi connectivity index (χ0n) is 17.7. The van der Waals surface area contributed by atoms with E-state index >= 15 is 0 Å². The number of methoxy groups -OCH3 is 2. The molecule has 3 aromatic rings. The van der Waals surface area contributed by atoms with Crippen LogP contribution < -0.4 is 16.0 Å². The molecule has 0 aliphatic carbocycles. The molecule has 4 rings (SSSR count). The summed E-state index contributed by atoms with van der Waals surface area (Å²) in [5, 5.41) is 8.53. The van der Waals surface area contributed by atoms with Gasteiger partial charge in [-0.15, -0.1) is 0 Å². The number of carbonyl (C=O) groups excluding carboxylic acids is 4. The van der Waals surface area contributed by atoms with Gasteiger partial charge in [0.25, 0.3) is 11.8 Å². The Labute approximate surface area is 188 Å². The van der Waals surface area contributed by atoms with Gasteiger partial charge in [0, 0.05) is 0 Å². The number of nitrogens with one attached hydrogen (secondary N) is 3. The minimum atomic E-state index is -0.544. The smallest absolute Gasteiger partial charge is 0.339 e. The summed E-state index contributed by atoms with van der Waals surface area (Å²) < 4.78 is 9.69. The second-order valence-corrected chi connectivity index (χ2v) is 7.05. The number of imide groups is 1. The highest BCUT2D eigenvalue weighted by atomic mass is 16.5. The topological polar surface area (TPSA) is 123 Å². The minimum Gasteiger partial charge on any atom is -0.465 e. The third-order valence-electron chi connectivity index (χ3n) is 5.08. The van der Waals surface area contributed by atoms with E-state index in [1.54, 1.807) is 48.5 Å². The maximum absolute atomic E-state index is 12.2. The van der Waals surface area contributed by atoms with Crippen LogP contribution in [-0.2, 0) is 9.47 Å². The Hall–Kier alpha value is -4.66. The molecule has 0 atom stereocenters. The largest absolute Gasteiger partial charge is 0.465 e. The van der Waals surface area contributed by atoms with Crippen LogP contribution in [0.25, 0.3) is 0 Å². The predicted octanol–water partition coefficient (Wildman–Crippen LogP) is 3.63. The number of hydrogen-bond acceptors (Lipinski definition) is 8. The molecule has 0 saturated carbocycles. The molecule has 9 nitrogen and oxygen atoms in total. The molecule has 3 N–H and O–H groups in total. The van der Waals surface area contributed by atoms with Crippen molar-refractivity contribution in [1.29, 1.82) is 0 Å². The average molecular weight is 445 g/mol.